The highest BCUT2D eigenvalue weighted by Crippen LogP contribution is 2.34. The summed E-state index contributed by atoms with van der Waals surface area (Å²) in [5.74, 6) is -0.874. The summed E-state index contributed by atoms with van der Waals surface area (Å²) >= 11 is 0. The van der Waals surface area contributed by atoms with Gasteiger partial charge in [0.05, 0.1) is 18.2 Å². The summed E-state index contributed by atoms with van der Waals surface area (Å²) in [7, 11) is 0. The van der Waals surface area contributed by atoms with E-state index in [-0.39, 0.29) is 12.6 Å². The molecule has 0 radical (unpaired) electrons. The number of carbonyl (C=O) groups is 1. The molecule has 0 amide bonds. The molecule has 1 atom stereocenters. The molecule has 0 aromatic heterocycles. The van der Waals surface area contributed by atoms with Crippen molar-refractivity contribution in [2.75, 3.05) is 32.7 Å². The second-order valence-corrected chi connectivity index (χ2v) is 6.64. The summed E-state index contributed by atoms with van der Waals surface area (Å²) < 4.78 is 39.5. The first-order valence-corrected chi connectivity index (χ1v) is 8.75. The summed E-state index contributed by atoms with van der Waals surface area (Å²) in [5, 5.41) is 8.94. The number of carboxylic acid groups (broad SMARTS) is 1. The van der Waals surface area contributed by atoms with Crippen LogP contribution < -0.4 is 0 Å². The monoisotopic (exact) mass is 378 g/mol. The lowest BCUT2D eigenvalue weighted by molar-refractivity contribution is -0.139. The van der Waals surface area contributed by atoms with E-state index < -0.39 is 17.7 Å². The Hall–Kier alpha value is -2.38. The Morgan fingerprint density at radius 2 is 1.59 bits per heavy atom. The van der Waals surface area contributed by atoms with E-state index in [1.807, 2.05) is 35.2 Å². The van der Waals surface area contributed by atoms with E-state index in [9.17, 15) is 18.0 Å². The third-order valence-electron chi connectivity index (χ3n) is 4.78. The van der Waals surface area contributed by atoms with Crippen molar-refractivity contribution in [1.29, 1.82) is 0 Å². The molecule has 1 fully saturated rings. The highest BCUT2D eigenvalue weighted by Gasteiger charge is 2.32. The fourth-order valence-corrected chi connectivity index (χ4v) is 3.51. The fourth-order valence-electron chi connectivity index (χ4n) is 3.51. The van der Waals surface area contributed by atoms with E-state index in [1.54, 1.807) is 6.07 Å². The quantitative estimate of drug-likeness (QED) is 0.865. The van der Waals surface area contributed by atoms with Gasteiger partial charge < -0.3 is 5.11 Å². The zero-order valence-electron chi connectivity index (χ0n) is 14.7. The number of rotatable bonds is 5. The summed E-state index contributed by atoms with van der Waals surface area (Å²) in [4.78, 5) is 14.9. The van der Waals surface area contributed by atoms with Crippen LogP contribution in [0.15, 0.2) is 54.6 Å². The lowest BCUT2D eigenvalue weighted by Gasteiger charge is -2.39. The van der Waals surface area contributed by atoms with Gasteiger partial charge in [-0.05, 0) is 23.3 Å². The van der Waals surface area contributed by atoms with Crippen LogP contribution in [-0.2, 0) is 11.0 Å². The topological polar surface area (TPSA) is 43.8 Å². The second-order valence-electron chi connectivity index (χ2n) is 6.64. The van der Waals surface area contributed by atoms with Crippen LogP contribution in [0.3, 0.4) is 0 Å². The molecule has 1 aliphatic heterocycles. The number of hydrogen-bond acceptors (Lipinski definition) is 3. The maximum Gasteiger partial charge on any atom is 0.416 e. The van der Waals surface area contributed by atoms with Gasteiger partial charge >= 0.3 is 12.1 Å². The number of alkyl halides is 3. The fraction of sp³-hybridized carbons (Fsp3) is 0.350. The molecule has 0 bridgehead atoms. The van der Waals surface area contributed by atoms with Crippen molar-refractivity contribution in [3.05, 3.63) is 71.3 Å². The minimum absolute atomic E-state index is 0.0204. The van der Waals surface area contributed by atoms with Crippen LogP contribution in [0.2, 0.25) is 0 Å². The van der Waals surface area contributed by atoms with Crippen molar-refractivity contribution in [3.63, 3.8) is 0 Å². The zero-order valence-corrected chi connectivity index (χ0v) is 14.7. The first-order chi connectivity index (χ1) is 12.8. The predicted octanol–water partition coefficient (Wildman–Crippen LogP) is 3.50. The Bertz CT molecular complexity index is 772. The first kappa shape index (κ1) is 19.4. The van der Waals surface area contributed by atoms with Crippen molar-refractivity contribution >= 4 is 5.97 Å². The molecule has 1 saturated heterocycles. The van der Waals surface area contributed by atoms with Gasteiger partial charge in [-0.15, -0.1) is 0 Å². The molecule has 1 aliphatic rings. The number of nitrogens with zero attached hydrogens (tertiary/aromatic N) is 2. The molecule has 2 aromatic carbocycles. The van der Waals surface area contributed by atoms with Crippen LogP contribution in [0.4, 0.5) is 13.2 Å². The van der Waals surface area contributed by atoms with Gasteiger partial charge in [-0.1, -0.05) is 42.5 Å². The van der Waals surface area contributed by atoms with E-state index in [0.29, 0.717) is 31.7 Å². The molecule has 7 heteroatoms. The standard InChI is InChI=1S/C20H21F3N2O2/c21-20(22,23)17-8-4-7-16(13-17)19(15-5-2-1-3-6-15)25-11-9-24(10-12-25)14-18(26)27/h1-8,13,19H,9-12,14H2,(H,26,27). The van der Waals surface area contributed by atoms with Gasteiger partial charge in [0.25, 0.3) is 0 Å². The third-order valence-corrected chi connectivity index (χ3v) is 4.78. The second kappa shape index (κ2) is 8.10. The van der Waals surface area contributed by atoms with Crippen molar-refractivity contribution < 1.29 is 23.1 Å². The lowest BCUT2D eigenvalue weighted by atomic mass is 9.95. The van der Waals surface area contributed by atoms with Crippen molar-refractivity contribution in [2.45, 2.75) is 12.2 Å². The summed E-state index contributed by atoms with van der Waals surface area (Å²) in [6, 6.07) is 14.6. The molecule has 3 rings (SSSR count). The molecular formula is C20H21F3N2O2. The van der Waals surface area contributed by atoms with Crippen molar-refractivity contribution in [2.24, 2.45) is 0 Å². The van der Waals surface area contributed by atoms with E-state index in [4.69, 9.17) is 5.11 Å². The van der Waals surface area contributed by atoms with Crippen molar-refractivity contribution in [3.8, 4) is 0 Å². The maximum atomic E-state index is 13.2. The Morgan fingerprint density at radius 1 is 0.963 bits per heavy atom. The van der Waals surface area contributed by atoms with Gasteiger partial charge in [0.1, 0.15) is 0 Å². The summed E-state index contributed by atoms with van der Waals surface area (Å²) in [6.07, 6.45) is -4.39. The molecule has 1 N–H and O–H groups in total. The molecule has 0 spiro atoms. The number of piperazine rings is 1. The van der Waals surface area contributed by atoms with Gasteiger partial charge in [-0.3, -0.25) is 14.6 Å². The normalized spacial score (nSPS) is 17.6. The van der Waals surface area contributed by atoms with Crippen LogP contribution in [0.25, 0.3) is 0 Å². The van der Waals surface area contributed by atoms with E-state index >= 15 is 0 Å². The third kappa shape index (κ3) is 4.87. The van der Waals surface area contributed by atoms with E-state index in [2.05, 4.69) is 4.90 Å². The van der Waals surface area contributed by atoms with Crippen LogP contribution in [0.1, 0.15) is 22.7 Å². The minimum Gasteiger partial charge on any atom is -0.480 e. The van der Waals surface area contributed by atoms with Gasteiger partial charge in [-0.25, -0.2) is 0 Å². The SMILES string of the molecule is O=C(O)CN1CCN(C(c2ccccc2)c2cccc(C(F)(F)F)c2)CC1. The van der Waals surface area contributed by atoms with Crippen LogP contribution >= 0.6 is 0 Å². The number of halogens is 3. The summed E-state index contributed by atoms with van der Waals surface area (Å²) in [5.41, 5.74) is 0.844. The van der Waals surface area contributed by atoms with Crippen LogP contribution in [0.5, 0.6) is 0 Å². The number of benzene rings is 2. The Kier molecular flexibility index (Phi) is 5.82. The zero-order chi connectivity index (χ0) is 19.4. The lowest BCUT2D eigenvalue weighted by Crippen LogP contribution is -2.49. The average molecular weight is 378 g/mol. The van der Waals surface area contributed by atoms with Gasteiger partial charge in [0, 0.05) is 26.2 Å². The van der Waals surface area contributed by atoms with Gasteiger partial charge in [-0.2, -0.15) is 13.2 Å². The van der Waals surface area contributed by atoms with Gasteiger partial charge in [0.2, 0.25) is 0 Å². The van der Waals surface area contributed by atoms with Crippen molar-refractivity contribution in [1.82, 2.24) is 9.80 Å². The largest absolute Gasteiger partial charge is 0.480 e. The number of hydrogen-bond donors (Lipinski definition) is 1. The Morgan fingerprint density at radius 3 is 2.19 bits per heavy atom. The maximum absolute atomic E-state index is 13.2. The van der Waals surface area contributed by atoms with E-state index in [0.717, 1.165) is 11.6 Å². The molecule has 144 valence electrons. The van der Waals surface area contributed by atoms with E-state index in [1.165, 1.54) is 12.1 Å². The molecule has 4 nitrogen and oxygen atoms in total. The molecular weight excluding hydrogens is 357 g/mol. The number of carboxylic acids is 1. The Labute approximate surface area is 155 Å². The Balaban J connectivity index is 1.89. The van der Waals surface area contributed by atoms with Gasteiger partial charge in [0.15, 0.2) is 0 Å². The average Bonchev–Trinajstić information content (AvgIpc) is 2.63. The van der Waals surface area contributed by atoms with Crippen LogP contribution in [-0.4, -0.2) is 53.6 Å². The van der Waals surface area contributed by atoms with Crippen LogP contribution in [0, 0.1) is 0 Å². The first-order valence-electron chi connectivity index (χ1n) is 8.75. The number of aliphatic carboxylic acids is 1. The highest BCUT2D eigenvalue weighted by atomic mass is 19.4. The predicted molar refractivity (Wildman–Crippen MR) is 95.4 cm³/mol. The molecule has 0 saturated carbocycles. The smallest absolute Gasteiger partial charge is 0.416 e. The molecule has 0 aliphatic carbocycles. The summed E-state index contributed by atoms with van der Waals surface area (Å²) in [6.45, 7) is 2.28. The molecule has 27 heavy (non-hydrogen) atoms. The molecule has 1 unspecified atom stereocenters. The minimum atomic E-state index is -4.39. The molecule has 1 heterocycles. The highest BCUT2D eigenvalue weighted by molar-refractivity contribution is 5.69. The molecule has 2 aromatic rings.